The number of hydrogen-bond acceptors (Lipinski definition) is 5. The van der Waals surface area contributed by atoms with Gasteiger partial charge in [0.25, 0.3) is 0 Å². The Labute approximate surface area is 186 Å². The van der Waals surface area contributed by atoms with E-state index >= 15 is 0 Å². The Morgan fingerprint density at radius 2 is 1.93 bits per heavy atom. The normalized spacial score (nSPS) is 16.1. The highest BCUT2D eigenvalue weighted by Crippen LogP contribution is 2.17. The third-order valence-corrected chi connectivity index (χ3v) is 4.42. The Kier molecular flexibility index (Phi) is 10.4. The summed E-state index contributed by atoms with van der Waals surface area (Å²) < 4.78 is 46.5. The molecule has 1 aliphatic heterocycles. The third kappa shape index (κ3) is 9.34. The highest BCUT2D eigenvalue weighted by atomic mass is 127. The van der Waals surface area contributed by atoms with Gasteiger partial charge in [0, 0.05) is 51.0 Å². The molecule has 1 aliphatic rings. The van der Waals surface area contributed by atoms with Gasteiger partial charge in [-0.05, 0) is 19.4 Å². The molecule has 1 aromatic rings. The molecule has 0 atom stereocenters. The molecule has 7 nitrogen and oxygen atoms in total. The lowest BCUT2D eigenvalue weighted by atomic mass is 10.0. The zero-order valence-electron chi connectivity index (χ0n) is 16.9. The van der Waals surface area contributed by atoms with Crippen molar-refractivity contribution in [2.45, 2.75) is 32.1 Å². The Balaban J connectivity index is 0.00000420. The number of hydrogen-bond donors (Lipinski definition) is 2. The average molecular weight is 531 g/mol. The van der Waals surface area contributed by atoms with Gasteiger partial charge in [-0.25, -0.2) is 4.98 Å². The number of aromatic nitrogens is 1. The van der Waals surface area contributed by atoms with Crippen LogP contribution in [0.25, 0.3) is 0 Å². The van der Waals surface area contributed by atoms with Gasteiger partial charge in [0.1, 0.15) is 0 Å². The fraction of sp³-hybridized carbons (Fsp3) is 0.667. The largest absolute Gasteiger partial charge is 0.468 e. The summed E-state index contributed by atoms with van der Waals surface area (Å²) in [5, 5.41) is 6.48. The molecule has 0 amide bonds. The molecule has 2 heterocycles. The van der Waals surface area contributed by atoms with Crippen LogP contribution in [0.5, 0.6) is 5.88 Å². The van der Waals surface area contributed by atoms with Gasteiger partial charge >= 0.3 is 6.18 Å². The first kappa shape index (κ1) is 25.7. The number of alkyl halides is 3. The van der Waals surface area contributed by atoms with Gasteiger partial charge in [-0.2, -0.15) is 13.2 Å². The van der Waals surface area contributed by atoms with Gasteiger partial charge < -0.3 is 20.1 Å². The second-order valence-corrected chi connectivity index (χ2v) is 7.10. The topological polar surface area (TPSA) is 71.0 Å². The molecule has 0 radical (unpaired) electrons. The van der Waals surface area contributed by atoms with E-state index in [1.807, 2.05) is 0 Å². The van der Waals surface area contributed by atoms with Crippen molar-refractivity contribution in [2.24, 2.45) is 4.99 Å². The molecule has 1 fully saturated rings. The van der Waals surface area contributed by atoms with E-state index in [1.54, 1.807) is 13.1 Å². The van der Waals surface area contributed by atoms with E-state index < -0.39 is 12.8 Å². The summed E-state index contributed by atoms with van der Waals surface area (Å²) in [7, 11) is 1.68. The van der Waals surface area contributed by atoms with Crippen molar-refractivity contribution in [2.75, 3.05) is 46.5 Å². The van der Waals surface area contributed by atoms with Crippen LogP contribution < -0.4 is 15.4 Å². The molecule has 2 rings (SSSR count). The summed E-state index contributed by atoms with van der Waals surface area (Å²) in [5.41, 5.74) is 0.746. The number of morpholine rings is 1. The number of pyridine rings is 1. The molecular formula is C18H29F3IN5O2. The molecule has 1 saturated heterocycles. The zero-order valence-corrected chi connectivity index (χ0v) is 19.2. The van der Waals surface area contributed by atoms with Crippen molar-refractivity contribution in [3.05, 3.63) is 23.9 Å². The quantitative estimate of drug-likeness (QED) is 0.320. The minimum atomic E-state index is -4.38. The molecule has 0 aromatic carbocycles. The van der Waals surface area contributed by atoms with Crippen LogP contribution in [-0.2, 0) is 11.3 Å². The maximum Gasteiger partial charge on any atom is 0.422 e. The van der Waals surface area contributed by atoms with Crippen molar-refractivity contribution in [3.63, 3.8) is 0 Å². The smallest absolute Gasteiger partial charge is 0.422 e. The van der Waals surface area contributed by atoms with Crippen molar-refractivity contribution in [3.8, 4) is 5.88 Å². The standard InChI is InChI=1S/C18H28F3N5O2.HI/c1-17(2,26-6-8-27-9-7-26)12-25-16(22-3)24-11-14-4-5-15(23-10-14)28-13-18(19,20)21;/h4-5,10H,6-9,11-13H2,1-3H3,(H2,22,24,25);1H. The average Bonchev–Trinajstić information content (AvgIpc) is 2.67. The van der Waals surface area contributed by atoms with Gasteiger partial charge in [-0.3, -0.25) is 9.89 Å². The molecule has 2 N–H and O–H groups in total. The van der Waals surface area contributed by atoms with E-state index in [0.717, 1.165) is 31.9 Å². The van der Waals surface area contributed by atoms with Crippen LogP contribution in [-0.4, -0.2) is 74.1 Å². The van der Waals surface area contributed by atoms with E-state index in [-0.39, 0.29) is 35.4 Å². The van der Waals surface area contributed by atoms with E-state index in [0.29, 0.717) is 19.0 Å². The number of halogens is 4. The lowest BCUT2D eigenvalue weighted by Gasteiger charge is -2.41. The van der Waals surface area contributed by atoms with Crippen LogP contribution >= 0.6 is 24.0 Å². The van der Waals surface area contributed by atoms with E-state index in [1.165, 1.54) is 12.3 Å². The molecule has 0 saturated carbocycles. The van der Waals surface area contributed by atoms with Crippen LogP contribution in [0.1, 0.15) is 19.4 Å². The summed E-state index contributed by atoms with van der Waals surface area (Å²) in [6.45, 7) is 7.40. The number of ether oxygens (including phenoxy) is 2. The fourth-order valence-electron chi connectivity index (χ4n) is 2.74. The van der Waals surface area contributed by atoms with Crippen LogP contribution in [0.15, 0.2) is 23.3 Å². The van der Waals surface area contributed by atoms with Gasteiger partial charge in [0.15, 0.2) is 12.6 Å². The number of rotatable bonds is 7. The summed E-state index contributed by atoms with van der Waals surface area (Å²) in [6, 6.07) is 3.08. The molecular weight excluding hydrogens is 502 g/mol. The van der Waals surface area contributed by atoms with Crippen molar-refractivity contribution in [1.29, 1.82) is 0 Å². The molecule has 166 valence electrons. The van der Waals surface area contributed by atoms with Crippen molar-refractivity contribution in [1.82, 2.24) is 20.5 Å². The monoisotopic (exact) mass is 531 g/mol. The first-order valence-corrected chi connectivity index (χ1v) is 9.11. The highest BCUT2D eigenvalue weighted by Gasteiger charge is 2.29. The fourth-order valence-corrected chi connectivity index (χ4v) is 2.74. The van der Waals surface area contributed by atoms with Crippen molar-refractivity contribution >= 4 is 29.9 Å². The van der Waals surface area contributed by atoms with Crippen LogP contribution in [0, 0.1) is 0 Å². The predicted molar refractivity (Wildman–Crippen MR) is 116 cm³/mol. The summed E-state index contributed by atoms with van der Waals surface area (Å²) in [4.78, 5) is 10.5. The van der Waals surface area contributed by atoms with Gasteiger partial charge in [0.05, 0.1) is 13.2 Å². The highest BCUT2D eigenvalue weighted by molar-refractivity contribution is 14.0. The minimum Gasteiger partial charge on any atom is -0.468 e. The Bertz CT molecular complexity index is 635. The number of guanidine groups is 1. The minimum absolute atomic E-state index is 0. The molecule has 0 unspecified atom stereocenters. The SMILES string of the molecule is CN=C(NCc1ccc(OCC(F)(F)F)nc1)NCC(C)(C)N1CCOCC1.I. The lowest BCUT2D eigenvalue weighted by molar-refractivity contribution is -0.154. The Hall–Kier alpha value is -1.34. The number of nitrogens with one attached hydrogen (secondary N) is 2. The predicted octanol–water partition coefficient (Wildman–Crippen LogP) is 2.42. The van der Waals surface area contributed by atoms with E-state index in [4.69, 9.17) is 4.74 Å². The number of nitrogens with zero attached hydrogens (tertiary/aromatic N) is 3. The second kappa shape index (κ2) is 11.7. The number of aliphatic imine (C=N–C) groups is 1. The van der Waals surface area contributed by atoms with Crippen LogP contribution in [0.3, 0.4) is 0 Å². The first-order chi connectivity index (χ1) is 13.2. The van der Waals surface area contributed by atoms with Crippen LogP contribution in [0.2, 0.25) is 0 Å². The molecule has 0 bridgehead atoms. The third-order valence-electron chi connectivity index (χ3n) is 4.42. The Morgan fingerprint density at radius 1 is 1.24 bits per heavy atom. The van der Waals surface area contributed by atoms with Gasteiger partial charge in [0.2, 0.25) is 5.88 Å². The molecule has 0 aliphatic carbocycles. The first-order valence-electron chi connectivity index (χ1n) is 9.11. The zero-order chi connectivity index (χ0) is 20.6. The van der Waals surface area contributed by atoms with Gasteiger partial charge in [-0.1, -0.05) is 6.07 Å². The van der Waals surface area contributed by atoms with E-state index in [9.17, 15) is 13.2 Å². The Morgan fingerprint density at radius 3 is 2.48 bits per heavy atom. The summed E-state index contributed by atoms with van der Waals surface area (Å²) >= 11 is 0. The lowest BCUT2D eigenvalue weighted by Crippen LogP contribution is -2.56. The van der Waals surface area contributed by atoms with Gasteiger partial charge in [-0.15, -0.1) is 24.0 Å². The summed E-state index contributed by atoms with van der Waals surface area (Å²) in [6.07, 6.45) is -2.90. The molecule has 29 heavy (non-hydrogen) atoms. The summed E-state index contributed by atoms with van der Waals surface area (Å²) in [5.74, 6) is 0.578. The maximum absolute atomic E-state index is 12.2. The molecule has 1 aromatic heterocycles. The van der Waals surface area contributed by atoms with Crippen LogP contribution in [0.4, 0.5) is 13.2 Å². The molecule has 11 heteroatoms. The molecule has 0 spiro atoms. The second-order valence-electron chi connectivity index (χ2n) is 7.10. The maximum atomic E-state index is 12.2. The van der Waals surface area contributed by atoms with E-state index in [2.05, 4.69) is 44.1 Å². The van der Waals surface area contributed by atoms with Crippen molar-refractivity contribution < 1.29 is 22.6 Å².